The van der Waals surface area contributed by atoms with Gasteiger partial charge in [-0.15, -0.1) is 4.52 Å². The largest absolute Gasteiger partial charge is 0.572 e. The van der Waals surface area contributed by atoms with E-state index in [9.17, 15) is 14.5 Å². The van der Waals surface area contributed by atoms with E-state index in [1.54, 1.807) is 0 Å². The van der Waals surface area contributed by atoms with E-state index in [0.717, 1.165) is 50.0 Å². The molecule has 1 unspecified atom stereocenters. The summed E-state index contributed by atoms with van der Waals surface area (Å²) in [6.45, 7) is 0.309. The van der Waals surface area contributed by atoms with E-state index in [-0.39, 0.29) is 38.2 Å². The lowest BCUT2D eigenvalue weighted by atomic mass is 10.0. The van der Waals surface area contributed by atoms with Crippen LogP contribution in [0.1, 0.15) is 180 Å². The Labute approximate surface area is 338 Å². The van der Waals surface area contributed by atoms with Crippen molar-refractivity contribution in [1.29, 1.82) is 0 Å². The smallest absolute Gasteiger partial charge is 0.462 e. The fourth-order valence-electron chi connectivity index (χ4n) is 5.79. The van der Waals surface area contributed by atoms with Crippen LogP contribution in [0.3, 0.4) is 0 Å². The summed E-state index contributed by atoms with van der Waals surface area (Å²) in [5, 5.41) is 0. The molecule has 0 aliphatic heterocycles. The molecular formula is C38H76INO8PS2+. The van der Waals surface area contributed by atoms with Crippen molar-refractivity contribution < 1.29 is 37.5 Å². The molecule has 9 nitrogen and oxygen atoms in total. The zero-order chi connectivity index (χ0) is 37.5. The van der Waals surface area contributed by atoms with Gasteiger partial charge in [0.1, 0.15) is 19.8 Å². The molecule has 0 saturated carbocycles. The molecule has 0 rings (SSSR count). The van der Waals surface area contributed by atoms with Crippen LogP contribution >= 0.6 is 56.3 Å². The van der Waals surface area contributed by atoms with Crippen molar-refractivity contribution >= 4 is 68.2 Å². The number of esters is 2. The summed E-state index contributed by atoms with van der Waals surface area (Å²) in [5.41, 5.74) is 0. The number of carbonyl (C=O) groups excluding carboxylic acids is 2. The summed E-state index contributed by atoms with van der Waals surface area (Å²) < 4.78 is 30.1. The van der Waals surface area contributed by atoms with Crippen LogP contribution in [-0.4, -0.2) is 67.9 Å². The standard InChI is InChI=1S/C38H75INO8PS2/c1-44-49(43,46-31-30-40-39)47-35-36(48-38(42)29-25-21-17-13-9-5-3-7-11-15-19-23-27-33-51)34-45-37(41)28-24-20-16-12-8-4-2-6-10-14-18-22-26-32-50/h36,40,43H,2-35H2,1H3,(H-,50,51)/p+1/t36-,49?/m0/s1. The van der Waals surface area contributed by atoms with Crippen molar-refractivity contribution in [2.75, 3.05) is 45.0 Å². The first kappa shape index (κ1) is 51.6. The first-order chi connectivity index (χ1) is 24.9. The van der Waals surface area contributed by atoms with Gasteiger partial charge < -0.3 is 9.47 Å². The van der Waals surface area contributed by atoms with Crippen LogP contribution in [0, 0.1) is 0 Å². The molecule has 0 fully saturated rings. The molecule has 0 spiro atoms. The Kier molecular flexibility index (Phi) is 40.7. The fourth-order valence-corrected chi connectivity index (χ4v) is 7.42. The second-order valence-electron chi connectivity index (χ2n) is 13.6. The maximum absolute atomic E-state index is 12.7. The molecule has 0 radical (unpaired) electrons. The minimum Gasteiger partial charge on any atom is -0.462 e. The number of carbonyl (C=O) groups is 2. The Morgan fingerprint density at radius 2 is 0.961 bits per heavy atom. The van der Waals surface area contributed by atoms with Crippen LogP contribution < -0.4 is 3.53 Å². The summed E-state index contributed by atoms with van der Waals surface area (Å²) in [7, 11) is -2.30. The maximum Gasteiger partial charge on any atom is 0.572 e. The van der Waals surface area contributed by atoms with Gasteiger partial charge >= 0.3 is 20.1 Å². The van der Waals surface area contributed by atoms with Gasteiger partial charge in [0, 0.05) is 42.3 Å². The second kappa shape index (κ2) is 40.3. The summed E-state index contributed by atoms with van der Waals surface area (Å²) in [4.78, 5) is 35.8. The average Bonchev–Trinajstić information content (AvgIpc) is 3.13. The van der Waals surface area contributed by atoms with Gasteiger partial charge in [0.25, 0.3) is 0 Å². The number of unbranched alkanes of at least 4 members (excludes halogenated alkanes) is 24. The summed E-state index contributed by atoms with van der Waals surface area (Å²) in [5.74, 6) is 1.31. The van der Waals surface area contributed by atoms with Crippen LogP contribution in [0.2, 0.25) is 0 Å². The van der Waals surface area contributed by atoms with Crippen molar-refractivity contribution in [3.63, 3.8) is 0 Å². The van der Waals surface area contributed by atoms with E-state index >= 15 is 0 Å². The third-order valence-electron chi connectivity index (χ3n) is 8.91. The minimum absolute atomic E-state index is 0.144. The van der Waals surface area contributed by atoms with Gasteiger partial charge in [-0.25, -0.2) is 0 Å². The van der Waals surface area contributed by atoms with Crippen LogP contribution in [0.4, 0.5) is 0 Å². The first-order valence-electron chi connectivity index (χ1n) is 20.3. The van der Waals surface area contributed by atoms with Crippen molar-refractivity contribution in [2.45, 2.75) is 186 Å². The monoisotopic (exact) mass is 896 g/mol. The highest BCUT2D eigenvalue weighted by atomic mass is 127. The fraction of sp³-hybridized carbons (Fsp3) is 0.947. The molecule has 2 N–H and O–H groups in total. The van der Waals surface area contributed by atoms with Gasteiger partial charge in [0.05, 0.1) is 7.11 Å². The molecule has 0 aromatic rings. The van der Waals surface area contributed by atoms with Gasteiger partial charge in [0.15, 0.2) is 6.10 Å². The quantitative estimate of drug-likeness (QED) is 0.0119. The topological polar surface area (TPSA) is 113 Å². The highest BCUT2D eigenvalue weighted by molar-refractivity contribution is 14.1. The molecule has 0 saturated heterocycles. The number of nitrogens with one attached hydrogen (secondary N) is 1. The Balaban J connectivity index is 4.29. The lowest BCUT2D eigenvalue weighted by molar-refractivity contribution is -0.161. The first-order valence-corrected chi connectivity index (χ1v) is 24.1. The average molecular weight is 897 g/mol. The number of hydrogen-bond donors (Lipinski definition) is 4. The molecule has 0 heterocycles. The van der Waals surface area contributed by atoms with E-state index in [4.69, 9.17) is 23.0 Å². The molecule has 0 amide bonds. The van der Waals surface area contributed by atoms with Crippen molar-refractivity contribution in [3.8, 4) is 0 Å². The highest BCUT2D eigenvalue weighted by Crippen LogP contribution is 2.57. The molecule has 2 atom stereocenters. The van der Waals surface area contributed by atoms with Crippen LogP contribution in [0.15, 0.2) is 0 Å². The Morgan fingerprint density at radius 1 is 0.588 bits per heavy atom. The van der Waals surface area contributed by atoms with Crippen molar-refractivity contribution in [2.24, 2.45) is 0 Å². The molecule has 0 aromatic carbocycles. The van der Waals surface area contributed by atoms with Crippen LogP contribution in [0.5, 0.6) is 0 Å². The summed E-state index contributed by atoms with van der Waals surface area (Å²) in [6, 6.07) is 0. The van der Waals surface area contributed by atoms with Gasteiger partial charge in [0.2, 0.25) is 0 Å². The van der Waals surface area contributed by atoms with Crippen LogP contribution in [0.25, 0.3) is 0 Å². The lowest BCUT2D eigenvalue weighted by Gasteiger charge is -2.19. The zero-order valence-electron chi connectivity index (χ0n) is 32.1. The van der Waals surface area contributed by atoms with Gasteiger partial charge in [-0.3, -0.25) is 13.1 Å². The lowest BCUT2D eigenvalue weighted by Crippen LogP contribution is -2.30. The predicted molar refractivity (Wildman–Crippen MR) is 228 cm³/mol. The van der Waals surface area contributed by atoms with E-state index in [1.807, 2.05) is 22.9 Å². The van der Waals surface area contributed by atoms with Crippen molar-refractivity contribution in [3.05, 3.63) is 0 Å². The molecule has 0 aromatic heterocycles. The number of hydrogen-bond acceptors (Lipinski definition) is 11. The highest BCUT2D eigenvalue weighted by Gasteiger charge is 2.44. The van der Waals surface area contributed by atoms with Gasteiger partial charge in [-0.2, -0.15) is 39.2 Å². The molecule has 13 heteroatoms. The molecule has 0 aliphatic rings. The molecular weight excluding hydrogens is 820 g/mol. The third kappa shape index (κ3) is 37.3. The SMILES string of the molecule is CO[P+](O)(OCCNI)OC[C@H](COC(=O)CCCCCCCCCCCCCCCS)OC(=O)CCCCCCCCCCCCCCCS. The molecule has 51 heavy (non-hydrogen) atoms. The number of ether oxygens (including phenoxy) is 2. The van der Waals surface area contributed by atoms with E-state index < -0.39 is 14.3 Å². The molecule has 0 aliphatic carbocycles. The minimum atomic E-state index is -3.60. The number of thiol groups is 2. The maximum atomic E-state index is 12.7. The number of rotatable bonds is 41. The summed E-state index contributed by atoms with van der Waals surface area (Å²) >= 11 is 10.5. The van der Waals surface area contributed by atoms with E-state index in [2.05, 4.69) is 28.8 Å². The van der Waals surface area contributed by atoms with Crippen LogP contribution in [-0.2, 0) is 32.6 Å². The van der Waals surface area contributed by atoms with Gasteiger partial charge in [-0.05, 0) is 37.2 Å². The van der Waals surface area contributed by atoms with E-state index in [1.165, 1.54) is 136 Å². The summed E-state index contributed by atoms with van der Waals surface area (Å²) in [6.07, 6.45) is 31.3. The third-order valence-corrected chi connectivity index (χ3v) is 11.5. The van der Waals surface area contributed by atoms with Crippen molar-refractivity contribution in [1.82, 2.24) is 3.53 Å². The van der Waals surface area contributed by atoms with E-state index in [0.29, 0.717) is 13.0 Å². The predicted octanol–water partition coefficient (Wildman–Crippen LogP) is 11.5. The zero-order valence-corrected chi connectivity index (χ0v) is 37.0. The Bertz CT molecular complexity index is 779. The molecule has 0 bridgehead atoms. The Morgan fingerprint density at radius 3 is 1.33 bits per heavy atom. The molecule has 304 valence electrons. The van der Waals surface area contributed by atoms with Gasteiger partial charge in [-0.1, -0.05) is 141 Å². The second-order valence-corrected chi connectivity index (χ2v) is 17.1. The normalized spacial score (nSPS) is 13.3. The Hall–Kier alpha value is 0.600. The number of halogens is 1.